The van der Waals surface area contributed by atoms with E-state index in [-0.39, 0.29) is 11.1 Å². The number of alkyl halides is 2. The van der Waals surface area contributed by atoms with Crippen LogP contribution in [0.1, 0.15) is 30.4 Å². The molecule has 0 amide bonds. The molecule has 0 saturated heterocycles. The van der Waals surface area contributed by atoms with Gasteiger partial charge in [0, 0.05) is 11.1 Å². The maximum Gasteiger partial charge on any atom is 0.263 e. The van der Waals surface area contributed by atoms with E-state index in [2.05, 4.69) is 0 Å². The Hall–Kier alpha value is -1.03. The van der Waals surface area contributed by atoms with Crippen LogP contribution in [0, 0.1) is 5.82 Å². The molecule has 4 heteroatoms. The zero-order valence-electron chi connectivity index (χ0n) is 7.30. The standard InChI is InChI=1S/C10H9F3O/c11-8-2-1-6(9(12)13)5-7(8)10(14)3-4-10/h1-2,5,9,14H,3-4H2. The maximum absolute atomic E-state index is 13.2. The molecule has 76 valence electrons. The minimum absolute atomic E-state index is 0.00435. The molecular weight excluding hydrogens is 193 g/mol. The SMILES string of the molecule is OC1(c2cc(C(F)F)ccc2F)CC1. The van der Waals surface area contributed by atoms with Crippen molar-refractivity contribution in [3.05, 3.63) is 35.1 Å². The van der Waals surface area contributed by atoms with Crippen LogP contribution in [-0.2, 0) is 5.60 Å². The lowest BCUT2D eigenvalue weighted by atomic mass is 10.0. The average Bonchev–Trinajstić information content (AvgIpc) is 2.85. The molecule has 1 aromatic rings. The lowest BCUT2D eigenvalue weighted by Gasteiger charge is -2.10. The van der Waals surface area contributed by atoms with Crippen molar-refractivity contribution < 1.29 is 18.3 Å². The van der Waals surface area contributed by atoms with Crippen LogP contribution in [0.4, 0.5) is 13.2 Å². The fourth-order valence-corrected chi connectivity index (χ4v) is 1.42. The summed E-state index contributed by atoms with van der Waals surface area (Å²) in [6.07, 6.45) is -1.75. The number of rotatable bonds is 2. The molecule has 0 aromatic heterocycles. The Bertz CT molecular complexity index is 358. The Morgan fingerprint density at radius 3 is 2.43 bits per heavy atom. The molecule has 1 N–H and O–H groups in total. The van der Waals surface area contributed by atoms with Crippen LogP contribution in [0.15, 0.2) is 18.2 Å². The molecule has 1 aliphatic carbocycles. The third-order valence-corrected chi connectivity index (χ3v) is 2.47. The molecule has 0 radical (unpaired) electrons. The largest absolute Gasteiger partial charge is 0.385 e. The fourth-order valence-electron chi connectivity index (χ4n) is 1.42. The summed E-state index contributed by atoms with van der Waals surface area (Å²) in [7, 11) is 0. The Balaban J connectivity index is 2.43. The van der Waals surface area contributed by atoms with Crippen molar-refractivity contribution in [2.75, 3.05) is 0 Å². The van der Waals surface area contributed by atoms with Gasteiger partial charge in [0.2, 0.25) is 0 Å². The van der Waals surface area contributed by atoms with Gasteiger partial charge in [-0.15, -0.1) is 0 Å². The molecule has 1 fully saturated rings. The van der Waals surface area contributed by atoms with Crippen molar-refractivity contribution in [2.45, 2.75) is 24.9 Å². The smallest absolute Gasteiger partial charge is 0.263 e. The molecule has 0 heterocycles. The highest BCUT2D eigenvalue weighted by Crippen LogP contribution is 2.46. The quantitative estimate of drug-likeness (QED) is 0.781. The van der Waals surface area contributed by atoms with Gasteiger partial charge in [0.05, 0.1) is 5.60 Å². The van der Waals surface area contributed by atoms with Crippen LogP contribution in [-0.4, -0.2) is 5.11 Å². The summed E-state index contributed by atoms with van der Waals surface area (Å²) < 4.78 is 37.7. The van der Waals surface area contributed by atoms with Crippen LogP contribution in [0.3, 0.4) is 0 Å². The highest BCUT2D eigenvalue weighted by atomic mass is 19.3. The Labute approximate surface area is 79.2 Å². The van der Waals surface area contributed by atoms with E-state index >= 15 is 0 Å². The van der Waals surface area contributed by atoms with Crippen LogP contribution in [0.2, 0.25) is 0 Å². The van der Waals surface area contributed by atoms with Gasteiger partial charge in [-0.1, -0.05) is 6.07 Å². The fraction of sp³-hybridized carbons (Fsp3) is 0.400. The highest BCUT2D eigenvalue weighted by Gasteiger charge is 2.44. The number of benzene rings is 1. The first-order valence-corrected chi connectivity index (χ1v) is 4.33. The Morgan fingerprint density at radius 1 is 1.29 bits per heavy atom. The van der Waals surface area contributed by atoms with Crippen molar-refractivity contribution in [1.29, 1.82) is 0 Å². The first kappa shape index (κ1) is 9.52. The van der Waals surface area contributed by atoms with Gasteiger partial charge in [-0.05, 0) is 25.0 Å². The van der Waals surface area contributed by atoms with Gasteiger partial charge < -0.3 is 5.11 Å². The predicted octanol–water partition coefficient (Wildman–Crippen LogP) is 2.74. The van der Waals surface area contributed by atoms with E-state index in [4.69, 9.17) is 0 Å². The summed E-state index contributed by atoms with van der Waals surface area (Å²) in [5.41, 5.74) is -1.45. The molecule has 1 saturated carbocycles. The van der Waals surface area contributed by atoms with E-state index in [0.29, 0.717) is 12.8 Å². The molecule has 1 aliphatic rings. The lowest BCUT2D eigenvalue weighted by molar-refractivity contribution is 0.141. The highest BCUT2D eigenvalue weighted by molar-refractivity contribution is 5.33. The van der Waals surface area contributed by atoms with Crippen molar-refractivity contribution in [2.24, 2.45) is 0 Å². The van der Waals surface area contributed by atoms with Crippen LogP contribution < -0.4 is 0 Å². The van der Waals surface area contributed by atoms with E-state index in [1.54, 1.807) is 0 Å². The summed E-state index contributed by atoms with van der Waals surface area (Å²) in [5.74, 6) is -0.616. The molecular formula is C10H9F3O. The third kappa shape index (κ3) is 1.50. The van der Waals surface area contributed by atoms with Gasteiger partial charge in [-0.25, -0.2) is 13.2 Å². The van der Waals surface area contributed by atoms with Gasteiger partial charge in [0.15, 0.2) is 0 Å². The van der Waals surface area contributed by atoms with Crippen molar-refractivity contribution >= 4 is 0 Å². The summed E-state index contributed by atoms with van der Waals surface area (Å²) >= 11 is 0. The lowest BCUT2D eigenvalue weighted by Crippen LogP contribution is -2.08. The average molecular weight is 202 g/mol. The van der Waals surface area contributed by atoms with E-state index in [9.17, 15) is 18.3 Å². The zero-order valence-corrected chi connectivity index (χ0v) is 7.30. The molecule has 14 heavy (non-hydrogen) atoms. The van der Waals surface area contributed by atoms with E-state index < -0.39 is 17.8 Å². The molecule has 1 nitrogen and oxygen atoms in total. The first-order valence-electron chi connectivity index (χ1n) is 4.33. The topological polar surface area (TPSA) is 20.2 Å². The van der Waals surface area contributed by atoms with E-state index in [0.717, 1.165) is 18.2 Å². The molecule has 0 aliphatic heterocycles. The monoisotopic (exact) mass is 202 g/mol. The van der Waals surface area contributed by atoms with Gasteiger partial charge >= 0.3 is 0 Å². The number of aliphatic hydroxyl groups is 1. The number of hydrogen-bond acceptors (Lipinski definition) is 1. The van der Waals surface area contributed by atoms with Crippen molar-refractivity contribution in [1.82, 2.24) is 0 Å². The Morgan fingerprint density at radius 2 is 1.93 bits per heavy atom. The summed E-state index contributed by atoms with van der Waals surface area (Å²) in [5, 5.41) is 9.60. The Kier molecular flexibility index (Phi) is 2.03. The van der Waals surface area contributed by atoms with Gasteiger partial charge in [-0.3, -0.25) is 0 Å². The minimum atomic E-state index is -2.63. The molecule has 1 aromatic carbocycles. The minimum Gasteiger partial charge on any atom is -0.385 e. The first-order chi connectivity index (χ1) is 6.53. The molecule has 2 rings (SSSR count). The predicted molar refractivity (Wildman–Crippen MR) is 44.5 cm³/mol. The van der Waals surface area contributed by atoms with Crippen LogP contribution in [0.5, 0.6) is 0 Å². The van der Waals surface area contributed by atoms with Gasteiger partial charge in [0.1, 0.15) is 5.82 Å². The van der Waals surface area contributed by atoms with Crippen LogP contribution >= 0.6 is 0 Å². The van der Waals surface area contributed by atoms with E-state index in [1.165, 1.54) is 0 Å². The maximum atomic E-state index is 13.2. The molecule has 0 unspecified atom stereocenters. The summed E-state index contributed by atoms with van der Waals surface area (Å²) in [6, 6.07) is 3.06. The zero-order chi connectivity index (χ0) is 10.3. The molecule has 0 atom stereocenters. The summed E-state index contributed by atoms with van der Waals surface area (Å²) in [6.45, 7) is 0. The second-order valence-electron chi connectivity index (χ2n) is 3.57. The normalized spacial score (nSPS) is 18.6. The number of halogens is 3. The van der Waals surface area contributed by atoms with Gasteiger partial charge in [0.25, 0.3) is 6.43 Å². The van der Waals surface area contributed by atoms with E-state index in [1.807, 2.05) is 0 Å². The second-order valence-corrected chi connectivity index (χ2v) is 3.57. The van der Waals surface area contributed by atoms with Crippen molar-refractivity contribution in [3.63, 3.8) is 0 Å². The van der Waals surface area contributed by atoms with Gasteiger partial charge in [-0.2, -0.15) is 0 Å². The third-order valence-electron chi connectivity index (χ3n) is 2.47. The second kappa shape index (κ2) is 2.98. The molecule has 0 bridgehead atoms. The number of hydrogen-bond donors (Lipinski definition) is 1. The molecule has 0 spiro atoms. The van der Waals surface area contributed by atoms with Crippen molar-refractivity contribution in [3.8, 4) is 0 Å². The van der Waals surface area contributed by atoms with Crippen LogP contribution in [0.25, 0.3) is 0 Å². The summed E-state index contributed by atoms with van der Waals surface area (Å²) in [4.78, 5) is 0.